The maximum absolute atomic E-state index is 11.5. The van der Waals surface area contributed by atoms with Gasteiger partial charge in [0.2, 0.25) is 0 Å². The molecule has 0 atom stereocenters. The first-order chi connectivity index (χ1) is 10.6. The van der Waals surface area contributed by atoms with Crippen molar-refractivity contribution in [1.82, 2.24) is 10.3 Å². The first kappa shape index (κ1) is 16.0. The largest absolute Gasteiger partial charge is 0.445 e. The minimum atomic E-state index is -0.457. The molecule has 0 spiro atoms. The van der Waals surface area contributed by atoms with Gasteiger partial charge in [0.15, 0.2) is 0 Å². The number of aromatic nitrogens is 1. The molecule has 2 aromatic rings. The zero-order valence-corrected chi connectivity index (χ0v) is 13.0. The monoisotopic (exact) mass is 316 g/mol. The van der Waals surface area contributed by atoms with Gasteiger partial charge in [-0.1, -0.05) is 60.2 Å². The standard InChI is InChI=1S/C17H17ClN2O2/c1-13-9-10-15(16(18)20-13)8-5-11-19-17(21)22-12-14-6-3-2-4-7-14/h2-10H,11-12H2,1H3,(H,19,21). The Bertz CT molecular complexity index is 657. The molecule has 1 aromatic carbocycles. The molecule has 0 bridgehead atoms. The number of benzene rings is 1. The van der Waals surface area contributed by atoms with E-state index < -0.39 is 6.09 Å². The second kappa shape index (κ2) is 8.20. The maximum atomic E-state index is 11.5. The second-order valence-corrected chi connectivity index (χ2v) is 5.04. The Morgan fingerprint density at radius 3 is 2.77 bits per heavy atom. The number of carbonyl (C=O) groups excluding carboxylic acids is 1. The molecule has 0 unspecified atom stereocenters. The highest BCUT2D eigenvalue weighted by atomic mass is 35.5. The van der Waals surface area contributed by atoms with Gasteiger partial charge in [-0.3, -0.25) is 0 Å². The number of hydrogen-bond donors (Lipinski definition) is 1. The highest BCUT2D eigenvalue weighted by Crippen LogP contribution is 2.14. The van der Waals surface area contributed by atoms with Gasteiger partial charge >= 0.3 is 6.09 Å². The van der Waals surface area contributed by atoms with Crippen LogP contribution in [-0.4, -0.2) is 17.6 Å². The van der Waals surface area contributed by atoms with E-state index >= 15 is 0 Å². The molecule has 0 saturated carbocycles. The fraction of sp³-hybridized carbons (Fsp3) is 0.176. The van der Waals surface area contributed by atoms with E-state index in [1.807, 2.05) is 55.5 Å². The zero-order chi connectivity index (χ0) is 15.8. The van der Waals surface area contributed by atoms with Crippen molar-refractivity contribution in [3.63, 3.8) is 0 Å². The van der Waals surface area contributed by atoms with Crippen molar-refractivity contribution in [3.05, 3.63) is 70.5 Å². The quantitative estimate of drug-likeness (QED) is 0.849. The lowest BCUT2D eigenvalue weighted by Gasteiger charge is -2.05. The molecule has 0 aliphatic heterocycles. The average molecular weight is 317 g/mol. The van der Waals surface area contributed by atoms with Crippen LogP contribution >= 0.6 is 11.6 Å². The summed E-state index contributed by atoms with van der Waals surface area (Å²) in [6.07, 6.45) is 3.15. The Morgan fingerprint density at radius 2 is 2.05 bits per heavy atom. The molecule has 0 aliphatic carbocycles. The molecule has 114 valence electrons. The SMILES string of the molecule is Cc1ccc(C=CCNC(=O)OCc2ccccc2)c(Cl)n1. The van der Waals surface area contributed by atoms with Crippen LogP contribution in [0.3, 0.4) is 0 Å². The molecular weight excluding hydrogens is 300 g/mol. The summed E-state index contributed by atoms with van der Waals surface area (Å²) in [5.41, 5.74) is 2.63. The molecule has 0 radical (unpaired) electrons. The van der Waals surface area contributed by atoms with Gasteiger partial charge in [0.05, 0.1) is 0 Å². The fourth-order valence-corrected chi connectivity index (χ4v) is 2.02. The van der Waals surface area contributed by atoms with Crippen LogP contribution in [0.4, 0.5) is 4.79 Å². The van der Waals surface area contributed by atoms with Gasteiger partial charge in [0.25, 0.3) is 0 Å². The van der Waals surface area contributed by atoms with Crippen molar-refractivity contribution in [1.29, 1.82) is 0 Å². The summed E-state index contributed by atoms with van der Waals surface area (Å²) in [5, 5.41) is 3.09. The first-order valence-corrected chi connectivity index (χ1v) is 7.27. The van der Waals surface area contributed by atoms with E-state index in [1.54, 1.807) is 6.08 Å². The maximum Gasteiger partial charge on any atom is 0.407 e. The van der Waals surface area contributed by atoms with Gasteiger partial charge in [-0.15, -0.1) is 0 Å². The lowest BCUT2D eigenvalue weighted by Crippen LogP contribution is -2.24. The van der Waals surface area contributed by atoms with Gasteiger partial charge in [0.1, 0.15) is 11.8 Å². The summed E-state index contributed by atoms with van der Waals surface area (Å²) >= 11 is 6.01. The van der Waals surface area contributed by atoms with Crippen LogP contribution < -0.4 is 5.32 Å². The Morgan fingerprint density at radius 1 is 1.27 bits per heavy atom. The molecule has 5 heteroatoms. The number of amides is 1. The molecule has 4 nitrogen and oxygen atoms in total. The van der Waals surface area contributed by atoms with E-state index in [9.17, 15) is 4.79 Å². The first-order valence-electron chi connectivity index (χ1n) is 6.89. The number of rotatable bonds is 5. The summed E-state index contributed by atoms with van der Waals surface area (Å²) in [6.45, 7) is 2.49. The molecule has 1 aromatic heterocycles. The molecule has 0 fully saturated rings. The Balaban J connectivity index is 1.73. The number of nitrogens with zero attached hydrogens (tertiary/aromatic N) is 1. The number of ether oxygens (including phenoxy) is 1. The highest BCUT2D eigenvalue weighted by molar-refractivity contribution is 6.30. The number of aryl methyl sites for hydroxylation is 1. The van der Waals surface area contributed by atoms with Crippen LogP contribution in [0.5, 0.6) is 0 Å². The minimum Gasteiger partial charge on any atom is -0.445 e. The van der Waals surface area contributed by atoms with Crippen LogP contribution in [0.2, 0.25) is 5.15 Å². The van der Waals surface area contributed by atoms with Crippen molar-refractivity contribution in [2.75, 3.05) is 6.54 Å². The van der Waals surface area contributed by atoms with E-state index in [0.717, 1.165) is 16.8 Å². The van der Waals surface area contributed by atoms with E-state index in [0.29, 0.717) is 11.7 Å². The average Bonchev–Trinajstić information content (AvgIpc) is 2.52. The van der Waals surface area contributed by atoms with Gasteiger partial charge < -0.3 is 10.1 Å². The molecular formula is C17H17ClN2O2. The summed E-state index contributed by atoms with van der Waals surface area (Å²) in [6, 6.07) is 13.3. The van der Waals surface area contributed by atoms with E-state index in [-0.39, 0.29) is 6.61 Å². The van der Waals surface area contributed by atoms with Crippen molar-refractivity contribution in [2.24, 2.45) is 0 Å². The second-order valence-electron chi connectivity index (χ2n) is 4.68. The van der Waals surface area contributed by atoms with Crippen LogP contribution in [0.25, 0.3) is 6.08 Å². The van der Waals surface area contributed by atoms with Gasteiger partial charge in [-0.05, 0) is 18.6 Å². The van der Waals surface area contributed by atoms with Crippen molar-refractivity contribution >= 4 is 23.8 Å². The van der Waals surface area contributed by atoms with Crippen molar-refractivity contribution in [3.8, 4) is 0 Å². The van der Waals surface area contributed by atoms with Gasteiger partial charge in [-0.25, -0.2) is 9.78 Å². The molecule has 0 saturated heterocycles. The number of hydrogen-bond acceptors (Lipinski definition) is 3. The Hall–Kier alpha value is -2.33. The van der Waals surface area contributed by atoms with Gasteiger partial charge in [0, 0.05) is 17.8 Å². The summed E-state index contributed by atoms with van der Waals surface area (Å²) in [4.78, 5) is 15.7. The number of halogens is 1. The molecule has 22 heavy (non-hydrogen) atoms. The topological polar surface area (TPSA) is 51.2 Å². The lowest BCUT2D eigenvalue weighted by atomic mass is 10.2. The number of carbonyl (C=O) groups is 1. The third kappa shape index (κ3) is 5.22. The molecule has 0 aliphatic rings. The van der Waals surface area contributed by atoms with Crippen molar-refractivity contribution in [2.45, 2.75) is 13.5 Å². The van der Waals surface area contributed by atoms with E-state index in [4.69, 9.17) is 16.3 Å². The van der Waals surface area contributed by atoms with E-state index in [1.165, 1.54) is 0 Å². The van der Waals surface area contributed by atoms with Crippen LogP contribution in [0, 0.1) is 6.92 Å². The summed E-state index contributed by atoms with van der Waals surface area (Å²) in [7, 11) is 0. The number of nitrogens with one attached hydrogen (secondary N) is 1. The molecule has 1 heterocycles. The third-order valence-corrected chi connectivity index (χ3v) is 3.19. The fourth-order valence-electron chi connectivity index (χ4n) is 1.76. The smallest absolute Gasteiger partial charge is 0.407 e. The third-order valence-electron chi connectivity index (χ3n) is 2.89. The number of alkyl carbamates (subject to hydrolysis) is 1. The molecule has 2 rings (SSSR count). The Kier molecular flexibility index (Phi) is 5.98. The van der Waals surface area contributed by atoms with Gasteiger partial charge in [-0.2, -0.15) is 0 Å². The molecule has 1 amide bonds. The predicted molar refractivity (Wildman–Crippen MR) is 87.6 cm³/mol. The van der Waals surface area contributed by atoms with Crippen LogP contribution in [0.1, 0.15) is 16.8 Å². The minimum absolute atomic E-state index is 0.254. The summed E-state index contributed by atoms with van der Waals surface area (Å²) < 4.78 is 5.10. The van der Waals surface area contributed by atoms with Crippen LogP contribution in [0.15, 0.2) is 48.5 Å². The predicted octanol–water partition coefficient (Wildman–Crippen LogP) is 3.98. The zero-order valence-electron chi connectivity index (χ0n) is 12.3. The lowest BCUT2D eigenvalue weighted by molar-refractivity contribution is 0.141. The normalized spacial score (nSPS) is 10.6. The van der Waals surface area contributed by atoms with Crippen LogP contribution in [-0.2, 0) is 11.3 Å². The summed E-state index contributed by atoms with van der Waals surface area (Å²) in [5.74, 6) is 0. The van der Waals surface area contributed by atoms with Crippen molar-refractivity contribution < 1.29 is 9.53 Å². The highest BCUT2D eigenvalue weighted by Gasteiger charge is 2.01. The Labute approximate surface area is 134 Å². The molecule has 1 N–H and O–H groups in total. The number of pyridine rings is 1. The van der Waals surface area contributed by atoms with E-state index in [2.05, 4.69) is 10.3 Å².